The molecule has 1 rings (SSSR count). The normalized spacial score (nSPS) is 13.5. The van der Waals surface area contributed by atoms with Crippen molar-refractivity contribution in [2.24, 2.45) is 0 Å². The number of carbonyl (C=O) groups is 1. The number of carboxylic acids is 1. The maximum Gasteiger partial charge on any atom is 0.342 e. The summed E-state index contributed by atoms with van der Waals surface area (Å²) in [4.78, 5) is 24.6. The highest BCUT2D eigenvalue weighted by Gasteiger charge is 2.21. The zero-order chi connectivity index (χ0) is 15.3. The molecule has 0 aliphatic rings. The highest BCUT2D eigenvalue weighted by molar-refractivity contribution is 7.84. The number of aromatic nitrogens is 1. The Hall–Kier alpha value is -2.03. The number of anilines is 1. The molecular weight excluding hydrogens is 286 g/mol. The van der Waals surface area contributed by atoms with Gasteiger partial charge in [-0.15, -0.1) is 0 Å². The molecule has 0 saturated heterocycles. The number of pyridine rings is 1. The molecule has 0 saturated carbocycles. The minimum atomic E-state index is -1.38. The van der Waals surface area contributed by atoms with Gasteiger partial charge in [0.2, 0.25) is 0 Å². The third kappa shape index (κ3) is 4.26. The van der Waals surface area contributed by atoms with Gasteiger partial charge in [0.1, 0.15) is 17.6 Å². The van der Waals surface area contributed by atoms with E-state index in [4.69, 9.17) is 5.11 Å². The maximum absolute atomic E-state index is 11.2. The van der Waals surface area contributed by atoms with E-state index >= 15 is 0 Å². The first-order chi connectivity index (χ1) is 9.32. The number of carboxylic acid groups (broad SMARTS) is 1. The smallest absolute Gasteiger partial charge is 0.342 e. The van der Waals surface area contributed by atoms with Crippen molar-refractivity contribution in [3.63, 3.8) is 0 Å². The Kier molecular flexibility index (Phi) is 5.56. The molecule has 0 spiro atoms. The molecule has 0 aliphatic heterocycles. The van der Waals surface area contributed by atoms with Crippen molar-refractivity contribution in [2.45, 2.75) is 18.6 Å². The number of nitrogens with one attached hydrogen (secondary N) is 1. The summed E-state index contributed by atoms with van der Waals surface area (Å²) in [5.41, 5.74) is -0.967. The lowest BCUT2D eigenvalue weighted by Gasteiger charge is -2.10. The maximum atomic E-state index is 11.2. The molecule has 0 radical (unpaired) electrons. The van der Waals surface area contributed by atoms with Gasteiger partial charge in [0.15, 0.2) is 0 Å². The number of hydrogen-bond donors (Lipinski definition) is 2. The Bertz CT molecular complexity index is 549. The van der Waals surface area contributed by atoms with Crippen LogP contribution in [-0.2, 0) is 10.8 Å². The van der Waals surface area contributed by atoms with Crippen LogP contribution < -0.4 is 5.32 Å². The molecular formula is C11H15N3O5S. The van der Waals surface area contributed by atoms with E-state index in [0.29, 0.717) is 13.0 Å². The molecule has 20 heavy (non-hydrogen) atoms. The summed E-state index contributed by atoms with van der Waals surface area (Å²) < 4.78 is 11.2. The van der Waals surface area contributed by atoms with Crippen LogP contribution in [0.5, 0.6) is 0 Å². The van der Waals surface area contributed by atoms with Crippen LogP contribution in [0.25, 0.3) is 0 Å². The third-order valence-corrected chi connectivity index (χ3v) is 4.10. The van der Waals surface area contributed by atoms with Crippen LogP contribution in [0, 0.1) is 10.1 Å². The van der Waals surface area contributed by atoms with Crippen molar-refractivity contribution in [3.8, 4) is 0 Å². The van der Waals surface area contributed by atoms with Gasteiger partial charge in [-0.05, 0) is 6.42 Å². The van der Waals surface area contributed by atoms with Gasteiger partial charge in [-0.2, -0.15) is 0 Å². The van der Waals surface area contributed by atoms with E-state index < -0.39 is 32.9 Å². The molecule has 0 fully saturated rings. The summed E-state index contributed by atoms with van der Waals surface area (Å²) in [6, 6.07) is 1.12. The molecule has 0 aliphatic carbocycles. The zero-order valence-corrected chi connectivity index (χ0v) is 11.8. The van der Waals surface area contributed by atoms with E-state index in [2.05, 4.69) is 10.3 Å². The molecule has 1 aromatic heterocycles. The Labute approximate surface area is 117 Å². The molecule has 0 aromatic carbocycles. The minimum Gasteiger partial charge on any atom is -0.477 e. The van der Waals surface area contributed by atoms with Crippen LogP contribution in [0.3, 0.4) is 0 Å². The molecule has 0 amide bonds. The second kappa shape index (κ2) is 6.94. The van der Waals surface area contributed by atoms with Crippen LogP contribution >= 0.6 is 0 Å². The van der Waals surface area contributed by atoms with E-state index in [1.54, 1.807) is 6.26 Å². The van der Waals surface area contributed by atoms with E-state index in [1.807, 2.05) is 6.92 Å². The number of rotatable bonds is 7. The lowest BCUT2D eigenvalue weighted by molar-refractivity contribution is -0.385. The lowest BCUT2D eigenvalue weighted by Crippen LogP contribution is -2.15. The molecule has 2 N–H and O–H groups in total. The van der Waals surface area contributed by atoms with E-state index in [0.717, 1.165) is 12.3 Å². The lowest BCUT2D eigenvalue weighted by atomic mass is 10.2. The summed E-state index contributed by atoms with van der Waals surface area (Å²) in [5.74, 6) is -1.15. The molecule has 1 heterocycles. The number of nitrogens with zero attached hydrogens (tertiary/aromatic N) is 2. The van der Waals surface area contributed by atoms with Gasteiger partial charge in [0.25, 0.3) is 0 Å². The predicted octanol–water partition coefficient (Wildman–Crippen LogP) is 1.26. The van der Waals surface area contributed by atoms with Crippen LogP contribution in [0.2, 0.25) is 0 Å². The minimum absolute atomic E-state index is 0.000470. The topological polar surface area (TPSA) is 122 Å². The number of hydrogen-bond acceptors (Lipinski definition) is 6. The Morgan fingerprint density at radius 3 is 2.80 bits per heavy atom. The van der Waals surface area contributed by atoms with Crippen LogP contribution in [-0.4, -0.2) is 43.2 Å². The van der Waals surface area contributed by atoms with Crippen LogP contribution in [0.15, 0.2) is 12.3 Å². The highest BCUT2D eigenvalue weighted by Crippen LogP contribution is 2.20. The van der Waals surface area contributed by atoms with Gasteiger partial charge in [-0.3, -0.25) is 14.3 Å². The molecule has 2 atom stereocenters. The average molecular weight is 301 g/mol. The van der Waals surface area contributed by atoms with Gasteiger partial charge < -0.3 is 10.4 Å². The third-order valence-electron chi connectivity index (χ3n) is 2.73. The van der Waals surface area contributed by atoms with Crippen molar-refractivity contribution >= 4 is 28.3 Å². The molecule has 110 valence electrons. The Morgan fingerprint density at radius 2 is 2.30 bits per heavy atom. The van der Waals surface area contributed by atoms with Gasteiger partial charge in [-0.1, -0.05) is 6.92 Å². The van der Waals surface area contributed by atoms with E-state index in [1.165, 1.54) is 0 Å². The van der Waals surface area contributed by atoms with Crippen molar-refractivity contribution in [1.82, 2.24) is 4.98 Å². The van der Waals surface area contributed by atoms with E-state index in [9.17, 15) is 19.1 Å². The molecule has 0 bridgehead atoms. The Balaban J connectivity index is 2.78. The van der Waals surface area contributed by atoms with Crippen molar-refractivity contribution in [3.05, 3.63) is 27.9 Å². The summed E-state index contributed by atoms with van der Waals surface area (Å²) in [5, 5.41) is 22.4. The molecule has 2 unspecified atom stereocenters. The molecule has 8 nitrogen and oxygen atoms in total. The van der Waals surface area contributed by atoms with E-state index in [-0.39, 0.29) is 11.1 Å². The predicted molar refractivity (Wildman–Crippen MR) is 74.5 cm³/mol. The SMILES string of the molecule is CC(CCNc1cc(C(=O)O)c([N+](=O)[O-])cn1)S(C)=O. The largest absolute Gasteiger partial charge is 0.477 e. The van der Waals surface area contributed by atoms with Gasteiger partial charge >= 0.3 is 11.7 Å². The fourth-order valence-corrected chi connectivity index (χ4v) is 1.88. The zero-order valence-electron chi connectivity index (χ0n) is 11.0. The van der Waals surface area contributed by atoms with Crippen molar-refractivity contribution < 1.29 is 19.0 Å². The number of aromatic carboxylic acids is 1. The van der Waals surface area contributed by atoms with Crippen LogP contribution in [0.4, 0.5) is 11.5 Å². The first-order valence-corrected chi connectivity index (χ1v) is 7.39. The van der Waals surface area contributed by atoms with Crippen molar-refractivity contribution in [1.29, 1.82) is 0 Å². The van der Waals surface area contributed by atoms with Crippen LogP contribution in [0.1, 0.15) is 23.7 Å². The number of nitro groups is 1. The first-order valence-electron chi connectivity index (χ1n) is 5.76. The average Bonchev–Trinajstić information content (AvgIpc) is 2.37. The first kappa shape index (κ1) is 16.0. The molecule has 9 heteroatoms. The summed E-state index contributed by atoms with van der Waals surface area (Å²) in [6.45, 7) is 2.29. The monoisotopic (exact) mass is 301 g/mol. The van der Waals surface area contributed by atoms with Gasteiger partial charge in [0.05, 0.1) is 4.92 Å². The quantitative estimate of drug-likeness (QED) is 0.574. The highest BCUT2D eigenvalue weighted by atomic mass is 32.2. The summed E-state index contributed by atoms with van der Waals surface area (Å²) in [7, 11) is -0.934. The standard InChI is InChI=1S/C11H15N3O5S/c1-7(20(2)19)3-4-12-10-5-8(11(15)16)9(6-13-10)14(17)18/h5-7H,3-4H2,1-2H3,(H,12,13)(H,15,16). The van der Waals surface area contributed by atoms with Crippen molar-refractivity contribution in [2.75, 3.05) is 18.1 Å². The van der Waals surface area contributed by atoms with Gasteiger partial charge in [0, 0.05) is 34.9 Å². The second-order valence-electron chi connectivity index (χ2n) is 4.17. The fourth-order valence-electron chi connectivity index (χ4n) is 1.43. The second-order valence-corrected chi connectivity index (χ2v) is 5.98. The Morgan fingerprint density at radius 1 is 1.65 bits per heavy atom. The van der Waals surface area contributed by atoms with Gasteiger partial charge in [-0.25, -0.2) is 9.78 Å². The fraction of sp³-hybridized carbons (Fsp3) is 0.455. The molecule has 1 aromatic rings. The summed E-state index contributed by atoms with van der Waals surface area (Å²) >= 11 is 0. The summed E-state index contributed by atoms with van der Waals surface area (Å²) in [6.07, 6.45) is 3.13.